The zero-order valence-corrected chi connectivity index (χ0v) is 19.5. The number of morpholine rings is 1. The number of hydrogen-bond acceptors (Lipinski definition) is 5. The topological polar surface area (TPSA) is 73.7 Å². The quantitative estimate of drug-likeness (QED) is 0.532. The number of ether oxygens (including phenoxy) is 1. The number of aromatic nitrogens is 1. The van der Waals surface area contributed by atoms with E-state index in [1.807, 2.05) is 25.1 Å². The minimum atomic E-state index is -0.0728. The van der Waals surface area contributed by atoms with Crippen LogP contribution in [0.25, 0.3) is 10.9 Å². The smallest absolute Gasteiger partial charge is 0.253 e. The Morgan fingerprint density at radius 2 is 2.06 bits per heavy atom. The van der Waals surface area contributed by atoms with E-state index in [1.165, 1.54) is 0 Å². The molecule has 2 aromatic heterocycles. The summed E-state index contributed by atoms with van der Waals surface area (Å²) >= 11 is 5.71. The maximum absolute atomic E-state index is 12.9. The van der Waals surface area contributed by atoms with Gasteiger partial charge in [-0.2, -0.15) is 0 Å². The highest BCUT2D eigenvalue weighted by Gasteiger charge is 2.17. The fourth-order valence-electron chi connectivity index (χ4n) is 3.92. The molecule has 7 nitrogen and oxygen atoms in total. The first-order valence-corrected chi connectivity index (χ1v) is 11.4. The third kappa shape index (κ3) is 5.38. The van der Waals surface area contributed by atoms with Gasteiger partial charge in [0.1, 0.15) is 5.76 Å². The Balaban J connectivity index is 1.52. The molecule has 1 fully saturated rings. The lowest BCUT2D eigenvalue weighted by Crippen LogP contribution is -2.46. The molecule has 0 amide bonds. The Bertz CT molecular complexity index is 1120. The molecule has 0 spiro atoms. The van der Waals surface area contributed by atoms with Crippen molar-refractivity contribution in [1.82, 2.24) is 20.1 Å². The van der Waals surface area contributed by atoms with Crippen LogP contribution in [0.1, 0.15) is 22.5 Å². The van der Waals surface area contributed by atoms with Crippen molar-refractivity contribution in [1.29, 1.82) is 0 Å². The van der Waals surface area contributed by atoms with E-state index in [9.17, 15) is 4.79 Å². The normalized spacial score (nSPS) is 14.6. The van der Waals surface area contributed by atoms with Gasteiger partial charge in [0, 0.05) is 31.7 Å². The van der Waals surface area contributed by atoms with Crippen LogP contribution in [0.2, 0.25) is 0 Å². The molecule has 170 valence electrons. The Kier molecular flexibility index (Phi) is 7.24. The summed E-state index contributed by atoms with van der Waals surface area (Å²) in [5.74, 6) is 0.815. The van der Waals surface area contributed by atoms with Crippen molar-refractivity contribution in [3.05, 3.63) is 69.4 Å². The number of pyridine rings is 1. The minimum Gasteiger partial charge on any atom is -0.467 e. The Morgan fingerprint density at radius 3 is 2.81 bits per heavy atom. The average molecular weight is 455 g/mol. The maximum Gasteiger partial charge on any atom is 0.253 e. The van der Waals surface area contributed by atoms with E-state index in [4.69, 9.17) is 21.4 Å². The second-order valence-electron chi connectivity index (χ2n) is 8.21. The van der Waals surface area contributed by atoms with Crippen LogP contribution in [0.3, 0.4) is 0 Å². The molecule has 1 aromatic carbocycles. The summed E-state index contributed by atoms with van der Waals surface area (Å²) in [6.07, 6.45) is 1.65. The monoisotopic (exact) mass is 454 g/mol. The molecule has 1 aliphatic rings. The van der Waals surface area contributed by atoms with Gasteiger partial charge in [-0.15, -0.1) is 0 Å². The summed E-state index contributed by atoms with van der Waals surface area (Å²) < 4.78 is 10.9. The lowest BCUT2D eigenvalue weighted by Gasteiger charge is -2.31. The van der Waals surface area contributed by atoms with Gasteiger partial charge in [-0.05, 0) is 60.8 Å². The van der Waals surface area contributed by atoms with Crippen molar-refractivity contribution >= 4 is 28.2 Å². The molecular weight excluding hydrogens is 424 g/mol. The van der Waals surface area contributed by atoms with Gasteiger partial charge in [0.25, 0.3) is 5.56 Å². The minimum absolute atomic E-state index is 0.0728. The number of nitrogens with zero attached hydrogens (tertiary/aromatic N) is 2. The van der Waals surface area contributed by atoms with Crippen molar-refractivity contribution < 1.29 is 9.15 Å². The van der Waals surface area contributed by atoms with Crippen molar-refractivity contribution in [3.8, 4) is 0 Å². The predicted molar refractivity (Wildman–Crippen MR) is 130 cm³/mol. The summed E-state index contributed by atoms with van der Waals surface area (Å²) in [5, 5.41) is 4.91. The van der Waals surface area contributed by atoms with Gasteiger partial charge in [0.15, 0.2) is 5.11 Å². The van der Waals surface area contributed by atoms with Crippen LogP contribution in [0.4, 0.5) is 0 Å². The first kappa shape index (κ1) is 22.5. The second kappa shape index (κ2) is 10.3. The van der Waals surface area contributed by atoms with E-state index in [0.29, 0.717) is 30.3 Å². The number of hydrogen-bond donors (Lipinski definition) is 2. The molecule has 3 aromatic rings. The van der Waals surface area contributed by atoms with Crippen molar-refractivity contribution in [2.75, 3.05) is 39.4 Å². The third-order valence-corrected chi connectivity index (χ3v) is 6.46. The van der Waals surface area contributed by atoms with Crippen LogP contribution in [-0.4, -0.2) is 59.3 Å². The number of furan rings is 1. The molecule has 0 unspecified atom stereocenters. The number of aryl methyl sites for hydroxylation is 2. The number of nitrogens with one attached hydrogen (secondary N) is 2. The highest BCUT2D eigenvalue weighted by molar-refractivity contribution is 7.80. The van der Waals surface area contributed by atoms with Gasteiger partial charge in [-0.3, -0.25) is 9.69 Å². The van der Waals surface area contributed by atoms with Crippen LogP contribution in [0.5, 0.6) is 0 Å². The van der Waals surface area contributed by atoms with E-state index < -0.39 is 0 Å². The zero-order chi connectivity index (χ0) is 22.5. The van der Waals surface area contributed by atoms with Gasteiger partial charge in [0.05, 0.1) is 38.1 Å². The fraction of sp³-hybridized carbons (Fsp3) is 0.417. The SMILES string of the molecule is Cc1ccc2cc(CN(CCN3CCOCC3)C(=S)NCc3ccco3)c(=O)[nH]c2c1C. The first-order valence-electron chi connectivity index (χ1n) is 11.0. The second-order valence-corrected chi connectivity index (χ2v) is 8.60. The number of benzene rings is 1. The predicted octanol–water partition coefficient (Wildman–Crippen LogP) is 2.95. The van der Waals surface area contributed by atoms with Crippen LogP contribution in [-0.2, 0) is 17.8 Å². The number of rotatable bonds is 7. The molecule has 0 saturated carbocycles. The molecule has 0 aliphatic carbocycles. The van der Waals surface area contributed by atoms with Gasteiger partial charge in [0.2, 0.25) is 0 Å². The Hall–Kier alpha value is -2.68. The summed E-state index contributed by atoms with van der Waals surface area (Å²) in [7, 11) is 0. The van der Waals surface area contributed by atoms with Gasteiger partial charge in [-0.25, -0.2) is 0 Å². The molecular formula is C24H30N4O3S. The molecule has 1 saturated heterocycles. The van der Waals surface area contributed by atoms with E-state index in [0.717, 1.165) is 60.6 Å². The third-order valence-electron chi connectivity index (χ3n) is 6.06. The van der Waals surface area contributed by atoms with Gasteiger partial charge in [-0.1, -0.05) is 12.1 Å². The highest BCUT2D eigenvalue weighted by atomic mass is 32.1. The van der Waals surface area contributed by atoms with E-state index in [2.05, 4.69) is 39.2 Å². The summed E-state index contributed by atoms with van der Waals surface area (Å²) in [5.41, 5.74) is 3.79. The molecule has 1 aliphatic heterocycles. The van der Waals surface area contributed by atoms with Crippen molar-refractivity contribution in [2.24, 2.45) is 0 Å². The van der Waals surface area contributed by atoms with E-state index in [1.54, 1.807) is 6.26 Å². The molecule has 8 heteroatoms. The Labute approximate surface area is 193 Å². The summed E-state index contributed by atoms with van der Waals surface area (Å²) in [4.78, 5) is 20.4. The van der Waals surface area contributed by atoms with Crippen molar-refractivity contribution in [2.45, 2.75) is 26.9 Å². The van der Waals surface area contributed by atoms with Crippen molar-refractivity contribution in [3.63, 3.8) is 0 Å². The van der Waals surface area contributed by atoms with Crippen LogP contribution in [0, 0.1) is 13.8 Å². The number of thiocarbonyl (C=S) groups is 1. The fourth-order valence-corrected chi connectivity index (χ4v) is 4.15. The lowest BCUT2D eigenvalue weighted by molar-refractivity contribution is 0.0357. The van der Waals surface area contributed by atoms with Crippen LogP contribution < -0.4 is 10.9 Å². The zero-order valence-electron chi connectivity index (χ0n) is 18.6. The Morgan fingerprint density at radius 1 is 1.25 bits per heavy atom. The molecule has 2 N–H and O–H groups in total. The number of H-pyrrole nitrogens is 1. The molecule has 0 atom stereocenters. The summed E-state index contributed by atoms with van der Waals surface area (Å²) in [6, 6.07) is 9.90. The lowest BCUT2D eigenvalue weighted by atomic mass is 10.0. The van der Waals surface area contributed by atoms with E-state index in [-0.39, 0.29) is 5.56 Å². The van der Waals surface area contributed by atoms with Gasteiger partial charge < -0.3 is 24.4 Å². The standard InChI is InChI=1S/C24H30N4O3S/c1-17-5-6-19-14-20(23(29)26-22(19)18(17)2)16-28(8-7-27-9-12-30-13-10-27)24(32)25-15-21-4-3-11-31-21/h3-6,11,14H,7-10,12-13,15-16H2,1-2H3,(H,25,32)(H,26,29). The molecule has 0 radical (unpaired) electrons. The number of fused-ring (bicyclic) bond motifs is 1. The largest absolute Gasteiger partial charge is 0.467 e. The van der Waals surface area contributed by atoms with Crippen LogP contribution >= 0.6 is 12.2 Å². The highest BCUT2D eigenvalue weighted by Crippen LogP contribution is 2.19. The van der Waals surface area contributed by atoms with Crippen LogP contribution in [0.15, 0.2) is 45.8 Å². The van der Waals surface area contributed by atoms with E-state index >= 15 is 0 Å². The summed E-state index contributed by atoms with van der Waals surface area (Å²) in [6.45, 7) is 9.94. The maximum atomic E-state index is 12.9. The molecule has 3 heterocycles. The molecule has 4 rings (SSSR count). The number of aromatic amines is 1. The molecule has 0 bridgehead atoms. The average Bonchev–Trinajstić information content (AvgIpc) is 3.33. The first-order chi connectivity index (χ1) is 15.5. The molecule has 32 heavy (non-hydrogen) atoms. The van der Waals surface area contributed by atoms with Gasteiger partial charge >= 0.3 is 0 Å².